The van der Waals surface area contributed by atoms with E-state index in [1.165, 1.54) is 26.3 Å². The number of methoxy groups -OCH3 is 1. The summed E-state index contributed by atoms with van der Waals surface area (Å²) in [5.41, 5.74) is 4.27. The fourth-order valence-corrected chi connectivity index (χ4v) is 3.97. The minimum Gasteiger partial charge on any atom is -0.492 e. The van der Waals surface area contributed by atoms with Gasteiger partial charge in [0.2, 0.25) is 15.7 Å². The minimum atomic E-state index is -3.67. The van der Waals surface area contributed by atoms with Gasteiger partial charge in [-0.1, -0.05) is 20.8 Å². The zero-order valence-corrected chi connectivity index (χ0v) is 23.4. The number of halogens is 1. The standard InChI is InChI=1S/C25H34FN5O6S/c1-8-37-24(33)18(27)13-31(28)21-10-15(9-17(26)14(21)2)23(32)29-19-11-16(25(3,4)5)12-20(22(19)36-6)30-38(7,34)35/h9-13,30H,8,27-28H2,1-7H3,(H,29,32)/p+1/b18-13-. The molecule has 1 amide bonds. The smallest absolute Gasteiger partial charge is 0.394 e. The molecule has 2 rings (SSSR count). The molecule has 0 radical (unpaired) electrons. The van der Waals surface area contributed by atoms with Crippen LogP contribution in [-0.2, 0) is 25.0 Å². The number of quaternary nitrogens is 1. The lowest BCUT2D eigenvalue weighted by Crippen LogP contribution is -2.53. The lowest BCUT2D eigenvalue weighted by Gasteiger charge is -2.24. The molecule has 0 spiro atoms. The number of sulfonamides is 1. The van der Waals surface area contributed by atoms with Crippen LogP contribution in [0.1, 0.15) is 49.2 Å². The largest absolute Gasteiger partial charge is 0.492 e. The summed E-state index contributed by atoms with van der Waals surface area (Å²) in [6.07, 6.45) is 2.16. The Hall–Kier alpha value is -3.68. The van der Waals surface area contributed by atoms with Crippen LogP contribution in [0.3, 0.4) is 0 Å². The Balaban J connectivity index is 2.56. The molecule has 0 heterocycles. The van der Waals surface area contributed by atoms with Gasteiger partial charge in [0.25, 0.3) is 5.91 Å². The van der Waals surface area contributed by atoms with Crippen LogP contribution in [0.4, 0.5) is 21.5 Å². The second-order valence-electron chi connectivity index (χ2n) is 9.57. The van der Waals surface area contributed by atoms with Gasteiger partial charge in [0.1, 0.15) is 5.82 Å². The van der Waals surface area contributed by atoms with Crippen molar-refractivity contribution in [2.75, 3.05) is 35.0 Å². The van der Waals surface area contributed by atoms with Crippen molar-refractivity contribution in [1.82, 2.24) is 0 Å². The number of nitrogens with zero attached hydrogens (tertiary/aromatic N) is 1. The number of anilines is 3. The highest BCUT2D eigenvalue weighted by Gasteiger charge is 2.23. The van der Waals surface area contributed by atoms with Gasteiger partial charge in [-0.3, -0.25) is 14.5 Å². The van der Waals surface area contributed by atoms with Gasteiger partial charge in [-0.2, -0.15) is 0 Å². The van der Waals surface area contributed by atoms with Crippen molar-refractivity contribution in [3.63, 3.8) is 0 Å². The number of hydrogen-bond acceptors (Lipinski definition) is 8. The summed E-state index contributed by atoms with van der Waals surface area (Å²) < 4.78 is 51.5. The van der Waals surface area contributed by atoms with Gasteiger partial charge in [0.15, 0.2) is 5.75 Å². The lowest BCUT2D eigenvalue weighted by atomic mass is 9.86. The number of ether oxygens (including phenoxy) is 2. The SMILES string of the molecule is CCOC(=O)/C([NH3+])=C/N(N)c1cc(C(=O)Nc2cc(C(C)(C)C)cc(NS(C)(=O)=O)c2OC)cc(F)c1C. The summed E-state index contributed by atoms with van der Waals surface area (Å²) in [6.45, 7) is 9.00. The van der Waals surface area contributed by atoms with Crippen LogP contribution in [-0.4, -0.2) is 40.3 Å². The number of nitrogens with one attached hydrogen (secondary N) is 2. The molecule has 11 nitrogen and oxygen atoms in total. The number of rotatable bonds is 9. The summed E-state index contributed by atoms with van der Waals surface area (Å²) in [5.74, 6) is 3.99. The highest BCUT2D eigenvalue weighted by molar-refractivity contribution is 7.92. The van der Waals surface area contributed by atoms with E-state index in [0.29, 0.717) is 5.56 Å². The first-order valence-electron chi connectivity index (χ1n) is 11.5. The van der Waals surface area contributed by atoms with Crippen LogP contribution in [0.2, 0.25) is 0 Å². The van der Waals surface area contributed by atoms with Crippen LogP contribution in [0, 0.1) is 12.7 Å². The molecule has 0 aromatic heterocycles. The van der Waals surface area contributed by atoms with Crippen molar-refractivity contribution < 1.29 is 37.6 Å². The first-order valence-corrected chi connectivity index (χ1v) is 13.4. The number of carbonyl (C=O) groups excluding carboxylic acids is 2. The topological polar surface area (TPSA) is 168 Å². The average Bonchev–Trinajstić information content (AvgIpc) is 2.78. The molecule has 2 aromatic rings. The van der Waals surface area contributed by atoms with Gasteiger partial charge in [0, 0.05) is 11.1 Å². The normalized spacial score (nSPS) is 12.1. The second kappa shape index (κ2) is 11.8. The summed E-state index contributed by atoms with van der Waals surface area (Å²) >= 11 is 0. The Labute approximate surface area is 222 Å². The summed E-state index contributed by atoms with van der Waals surface area (Å²) in [7, 11) is -2.34. The lowest BCUT2D eigenvalue weighted by molar-refractivity contribution is -0.303. The fourth-order valence-electron chi connectivity index (χ4n) is 3.42. The van der Waals surface area contributed by atoms with Crippen molar-refractivity contribution in [1.29, 1.82) is 0 Å². The molecule has 0 fully saturated rings. The maximum absolute atomic E-state index is 14.8. The highest BCUT2D eigenvalue weighted by Crippen LogP contribution is 2.39. The van der Waals surface area contributed by atoms with E-state index < -0.39 is 33.1 Å². The van der Waals surface area contributed by atoms with Gasteiger partial charge in [-0.15, -0.1) is 0 Å². The van der Waals surface area contributed by atoms with Crippen molar-refractivity contribution in [3.05, 3.63) is 58.7 Å². The van der Waals surface area contributed by atoms with Crippen LogP contribution in [0.15, 0.2) is 36.2 Å². The molecule has 0 saturated heterocycles. The zero-order valence-electron chi connectivity index (χ0n) is 22.6. The second-order valence-corrected chi connectivity index (χ2v) is 11.3. The third kappa shape index (κ3) is 7.66. The van der Waals surface area contributed by atoms with E-state index in [-0.39, 0.29) is 46.2 Å². The predicted octanol–water partition coefficient (Wildman–Crippen LogP) is 2.39. The molecule has 0 atom stereocenters. The molecule has 38 heavy (non-hydrogen) atoms. The van der Waals surface area contributed by atoms with Crippen LogP contribution < -0.4 is 31.4 Å². The number of nitrogens with two attached hydrogens (primary N) is 1. The summed E-state index contributed by atoms with van der Waals surface area (Å²) in [4.78, 5) is 25.1. The Morgan fingerprint density at radius 3 is 2.32 bits per heavy atom. The minimum absolute atomic E-state index is 0.0707. The van der Waals surface area contributed by atoms with Gasteiger partial charge in [-0.05, 0) is 49.1 Å². The molecule has 208 valence electrons. The molecule has 0 aliphatic heterocycles. The third-order valence-electron chi connectivity index (χ3n) is 5.39. The van der Waals surface area contributed by atoms with Gasteiger partial charge in [-0.25, -0.2) is 23.4 Å². The van der Waals surface area contributed by atoms with Crippen LogP contribution in [0.5, 0.6) is 5.75 Å². The van der Waals surface area contributed by atoms with Crippen LogP contribution >= 0.6 is 0 Å². The average molecular weight is 553 g/mol. The number of hydrogen-bond donors (Lipinski definition) is 4. The summed E-state index contributed by atoms with van der Waals surface area (Å²) in [5, 5.41) is 3.65. The predicted molar refractivity (Wildman–Crippen MR) is 144 cm³/mol. The fraction of sp³-hybridized carbons (Fsp3) is 0.360. The van der Waals surface area contributed by atoms with E-state index in [2.05, 4.69) is 15.8 Å². The van der Waals surface area contributed by atoms with Crippen molar-refractivity contribution in [2.45, 2.75) is 40.0 Å². The molecule has 0 saturated carbocycles. The number of benzene rings is 2. The maximum Gasteiger partial charge on any atom is 0.394 e. The Bertz CT molecular complexity index is 1370. The van der Waals surface area contributed by atoms with Gasteiger partial charge < -0.3 is 20.5 Å². The molecule has 0 bridgehead atoms. The van der Waals surface area contributed by atoms with E-state index in [9.17, 15) is 22.4 Å². The third-order valence-corrected chi connectivity index (χ3v) is 5.98. The highest BCUT2D eigenvalue weighted by atomic mass is 32.2. The number of amides is 1. The molecular formula is C25H35FN5O6S+. The van der Waals surface area contributed by atoms with E-state index in [1.807, 2.05) is 20.8 Å². The van der Waals surface area contributed by atoms with Crippen LogP contribution in [0.25, 0.3) is 0 Å². The van der Waals surface area contributed by atoms with Crippen molar-refractivity contribution >= 4 is 39.0 Å². The number of carbonyl (C=O) groups is 2. The monoisotopic (exact) mass is 552 g/mol. The quantitative estimate of drug-likeness (QED) is 0.159. The Morgan fingerprint density at radius 1 is 1.18 bits per heavy atom. The van der Waals surface area contributed by atoms with E-state index in [1.54, 1.807) is 19.1 Å². The Kier molecular flexibility index (Phi) is 9.48. The molecule has 2 aromatic carbocycles. The first-order chi connectivity index (χ1) is 17.5. The molecule has 0 aliphatic carbocycles. The van der Waals surface area contributed by atoms with E-state index in [0.717, 1.165) is 17.3 Å². The van der Waals surface area contributed by atoms with Crippen molar-refractivity contribution in [3.8, 4) is 5.75 Å². The van der Waals surface area contributed by atoms with Gasteiger partial charge in [0.05, 0.1) is 43.2 Å². The molecular weight excluding hydrogens is 517 g/mol. The van der Waals surface area contributed by atoms with E-state index in [4.69, 9.17) is 15.3 Å². The maximum atomic E-state index is 14.8. The number of esters is 1. The molecule has 0 aliphatic rings. The molecule has 0 unspecified atom stereocenters. The van der Waals surface area contributed by atoms with Gasteiger partial charge >= 0.3 is 5.97 Å². The molecule has 7 N–H and O–H groups in total. The van der Waals surface area contributed by atoms with Crippen molar-refractivity contribution in [2.24, 2.45) is 5.84 Å². The zero-order chi connectivity index (χ0) is 29.0. The summed E-state index contributed by atoms with van der Waals surface area (Å²) in [6, 6.07) is 5.66. The Morgan fingerprint density at radius 2 is 1.79 bits per heavy atom. The number of hydrazine groups is 1. The molecule has 13 heteroatoms. The first kappa shape index (κ1) is 30.5. The van der Waals surface area contributed by atoms with E-state index >= 15 is 0 Å².